The normalized spacial score (nSPS) is 18.3. The zero-order chi connectivity index (χ0) is 32.8. The number of phenolic OH excluding ortho intramolecular Hbond substituents is 3. The van der Waals surface area contributed by atoms with E-state index in [0.29, 0.717) is 10.6 Å². The molecule has 5 N–H and O–H groups in total. The lowest BCUT2D eigenvalue weighted by Gasteiger charge is -2.22. The van der Waals surface area contributed by atoms with Gasteiger partial charge in [0.1, 0.15) is 28.4 Å². The topological polar surface area (TPSA) is 225 Å². The molecule has 0 saturated carbocycles. The molecule has 0 bridgehead atoms. The maximum Gasteiger partial charge on any atom is 0.290 e. The number of nitrogens with zero attached hydrogens (tertiary/aromatic N) is 2. The molecule has 7 rings (SSSR count). The third-order valence-corrected chi connectivity index (χ3v) is 9.26. The molecule has 1 unspecified atom stereocenters. The number of ether oxygens (including phenoxy) is 1. The van der Waals surface area contributed by atoms with Gasteiger partial charge in [0.15, 0.2) is 23.1 Å². The van der Waals surface area contributed by atoms with E-state index in [4.69, 9.17) is 4.74 Å². The summed E-state index contributed by atoms with van der Waals surface area (Å²) < 4.78 is 4.91. The third kappa shape index (κ3) is 3.68. The number of aromatic amines is 1. The van der Waals surface area contributed by atoms with Gasteiger partial charge in [0.05, 0.1) is 51.7 Å². The number of rotatable bonds is 4. The smallest absolute Gasteiger partial charge is 0.290 e. The Labute approximate surface area is 260 Å². The number of methoxy groups -OCH3 is 1. The van der Waals surface area contributed by atoms with E-state index < -0.39 is 85.3 Å². The first-order chi connectivity index (χ1) is 21.9. The van der Waals surface area contributed by atoms with E-state index in [9.17, 15) is 44.1 Å². The number of hydrogen-bond acceptors (Lipinski definition) is 13. The molecule has 14 nitrogen and oxygen atoms in total. The Morgan fingerprint density at radius 2 is 1.74 bits per heavy atom. The summed E-state index contributed by atoms with van der Waals surface area (Å²) >= 11 is 1.29. The van der Waals surface area contributed by atoms with Crippen molar-refractivity contribution in [2.45, 2.75) is 25.2 Å². The molecule has 2 aromatic carbocycles. The van der Waals surface area contributed by atoms with Gasteiger partial charge in [-0.25, -0.2) is 10.4 Å². The van der Waals surface area contributed by atoms with Crippen molar-refractivity contribution in [1.29, 1.82) is 0 Å². The molecule has 0 fully saturated rings. The first-order valence-electron chi connectivity index (χ1n) is 13.6. The van der Waals surface area contributed by atoms with Crippen molar-refractivity contribution in [3.05, 3.63) is 89.5 Å². The number of ketones is 4. The molecule has 46 heavy (non-hydrogen) atoms. The van der Waals surface area contributed by atoms with Gasteiger partial charge in [-0.15, -0.1) is 11.3 Å². The molecule has 4 aromatic rings. The van der Waals surface area contributed by atoms with Crippen LogP contribution in [0.25, 0.3) is 10.8 Å². The summed E-state index contributed by atoms with van der Waals surface area (Å²) in [6.45, 7) is 1.75. The fraction of sp³-hybridized carbons (Fsp3) is 0.161. The maximum atomic E-state index is 14.1. The summed E-state index contributed by atoms with van der Waals surface area (Å²) in [5.41, 5.74) is -2.77. The van der Waals surface area contributed by atoms with Crippen LogP contribution < -0.4 is 11.0 Å². The first kappa shape index (κ1) is 28.8. The van der Waals surface area contributed by atoms with Gasteiger partial charge in [0.2, 0.25) is 5.78 Å². The van der Waals surface area contributed by atoms with Crippen LogP contribution in [-0.2, 0) is 16.6 Å². The highest BCUT2D eigenvalue weighted by molar-refractivity contribution is 7.09. The molecule has 3 aliphatic carbocycles. The van der Waals surface area contributed by atoms with Gasteiger partial charge in [0.25, 0.3) is 11.5 Å². The van der Waals surface area contributed by atoms with E-state index in [2.05, 4.69) is 20.5 Å². The van der Waals surface area contributed by atoms with E-state index in [1.54, 1.807) is 12.3 Å². The highest BCUT2D eigenvalue weighted by Crippen LogP contribution is 2.57. The average Bonchev–Trinajstić information content (AvgIpc) is 3.68. The molecule has 1 spiro atoms. The molecule has 2 aromatic heterocycles. The highest BCUT2D eigenvalue weighted by atomic mass is 32.1. The number of benzene rings is 2. The lowest BCUT2D eigenvalue weighted by molar-refractivity contribution is 0.0790. The lowest BCUT2D eigenvalue weighted by Crippen LogP contribution is -2.36. The highest BCUT2D eigenvalue weighted by Gasteiger charge is 2.61. The van der Waals surface area contributed by atoms with E-state index in [0.717, 1.165) is 13.2 Å². The van der Waals surface area contributed by atoms with Gasteiger partial charge in [-0.3, -0.25) is 28.8 Å². The number of carbonyl (C=O) groups excluding carboxylic acids is 5. The van der Waals surface area contributed by atoms with Gasteiger partial charge in [0, 0.05) is 17.0 Å². The van der Waals surface area contributed by atoms with Gasteiger partial charge in [-0.05, 0) is 36.8 Å². The van der Waals surface area contributed by atoms with Crippen molar-refractivity contribution in [3.8, 4) is 17.2 Å². The molecule has 0 radical (unpaired) electrons. The second-order valence-corrected chi connectivity index (χ2v) is 12.0. The summed E-state index contributed by atoms with van der Waals surface area (Å²) in [6, 6.07) is 3.00. The fourth-order valence-electron chi connectivity index (χ4n) is 6.51. The van der Waals surface area contributed by atoms with Gasteiger partial charge in [-0.1, -0.05) is 6.07 Å². The number of aromatic hydroxyl groups is 3. The van der Waals surface area contributed by atoms with Crippen LogP contribution in [0.5, 0.6) is 17.2 Å². The predicted octanol–water partition coefficient (Wildman–Crippen LogP) is 2.35. The number of fused-ring (bicyclic) bond motifs is 5. The number of H-pyrrole nitrogens is 1. The van der Waals surface area contributed by atoms with Gasteiger partial charge in [-0.2, -0.15) is 5.10 Å². The number of pyridine rings is 1. The van der Waals surface area contributed by atoms with E-state index in [1.807, 2.05) is 0 Å². The van der Waals surface area contributed by atoms with Crippen LogP contribution in [0.1, 0.15) is 80.2 Å². The summed E-state index contributed by atoms with van der Waals surface area (Å²) in [4.78, 5) is 86.0. The number of thiazole rings is 1. The summed E-state index contributed by atoms with van der Waals surface area (Å²) in [5, 5.41) is 39.8. The van der Waals surface area contributed by atoms with Crippen molar-refractivity contribution in [1.82, 2.24) is 15.4 Å². The van der Waals surface area contributed by atoms with Gasteiger partial charge >= 0.3 is 0 Å². The average molecular weight is 641 g/mol. The van der Waals surface area contributed by atoms with Crippen molar-refractivity contribution in [2.24, 2.45) is 5.10 Å². The standard InChI is InChI=1S/C31H20N4O10S/c1-10-33-14(9-46-10)29(43)35-32-8-13-6-12-5-11-3-4-31(22(11)26(40)17(12)30(44)34-13)27(41)20-21(28(31)42)25(39)19-18(24(20)38)15(36)7-16(45-2)23(19)37/h5-9,38-40H,3-4H2,1-2H3,(H,34,44)(H,35,43)/b32-8+. The summed E-state index contributed by atoms with van der Waals surface area (Å²) in [6.07, 6.45) is 1.87. The Hall–Kier alpha value is -5.96. The Morgan fingerprint density at radius 1 is 1.04 bits per heavy atom. The molecular formula is C31H20N4O10S. The molecular weight excluding hydrogens is 620 g/mol. The molecule has 0 saturated heterocycles. The van der Waals surface area contributed by atoms with Crippen molar-refractivity contribution < 1.29 is 44.0 Å². The summed E-state index contributed by atoms with van der Waals surface area (Å²) in [5.74, 6) is -7.46. The van der Waals surface area contributed by atoms with Crippen LogP contribution in [0.2, 0.25) is 0 Å². The van der Waals surface area contributed by atoms with Crippen molar-refractivity contribution in [3.63, 3.8) is 0 Å². The third-order valence-electron chi connectivity index (χ3n) is 8.48. The number of hydrazone groups is 1. The zero-order valence-electron chi connectivity index (χ0n) is 23.8. The minimum atomic E-state index is -2.15. The molecule has 1 atom stereocenters. The zero-order valence-corrected chi connectivity index (χ0v) is 24.6. The number of amides is 1. The number of Topliss-reactive ketones (excluding diaryl/α,β-unsaturated/α-hetero) is 3. The molecule has 2 heterocycles. The quantitative estimate of drug-likeness (QED) is 0.0942. The van der Waals surface area contributed by atoms with Crippen LogP contribution >= 0.6 is 11.3 Å². The Kier molecular flexibility index (Phi) is 6.11. The minimum Gasteiger partial charge on any atom is -0.507 e. The molecule has 1 amide bonds. The number of hydrogen-bond donors (Lipinski definition) is 5. The van der Waals surface area contributed by atoms with Crippen molar-refractivity contribution in [2.75, 3.05) is 7.11 Å². The van der Waals surface area contributed by atoms with Crippen LogP contribution in [-0.4, -0.2) is 67.7 Å². The monoisotopic (exact) mass is 640 g/mol. The first-order valence-corrected chi connectivity index (χ1v) is 14.5. The predicted molar refractivity (Wildman–Crippen MR) is 160 cm³/mol. The minimum absolute atomic E-state index is 0.0815. The Balaban J connectivity index is 1.32. The van der Waals surface area contributed by atoms with Crippen LogP contribution in [0.3, 0.4) is 0 Å². The Morgan fingerprint density at radius 3 is 2.39 bits per heavy atom. The van der Waals surface area contributed by atoms with Crippen LogP contribution in [0.15, 0.2) is 39.2 Å². The Bertz CT molecular complexity index is 2300. The van der Waals surface area contributed by atoms with Crippen molar-refractivity contribution >= 4 is 57.4 Å². The number of aromatic nitrogens is 2. The second-order valence-electron chi connectivity index (χ2n) is 10.9. The molecule has 0 aliphatic heterocycles. The van der Waals surface area contributed by atoms with Crippen LogP contribution in [0.4, 0.5) is 0 Å². The van der Waals surface area contributed by atoms with E-state index in [-0.39, 0.29) is 40.6 Å². The van der Waals surface area contributed by atoms with E-state index >= 15 is 0 Å². The second kappa shape index (κ2) is 9.77. The van der Waals surface area contributed by atoms with Crippen LogP contribution in [0, 0.1) is 6.92 Å². The molecule has 3 aliphatic rings. The SMILES string of the molecule is COC1=CC(=O)c2c(O)c3c(c(O)c2C1=O)C(=O)C1(CCc2cc4cc(/C=N/NC(=O)c5csc(C)n5)[nH]c(=O)c4c(O)c21)C3=O. The van der Waals surface area contributed by atoms with Gasteiger partial charge < -0.3 is 25.0 Å². The largest absolute Gasteiger partial charge is 0.507 e. The summed E-state index contributed by atoms with van der Waals surface area (Å²) in [7, 11) is 1.12. The number of aryl methyl sites for hydroxylation is 2. The number of nitrogens with one attached hydrogen (secondary N) is 2. The molecule has 230 valence electrons. The number of phenols is 3. The molecule has 15 heteroatoms. The fourth-order valence-corrected chi connectivity index (χ4v) is 7.11. The maximum absolute atomic E-state index is 14.1. The number of carbonyl (C=O) groups is 5. The lowest BCUT2D eigenvalue weighted by atomic mass is 9.76. The van der Waals surface area contributed by atoms with E-state index in [1.165, 1.54) is 29.7 Å². The number of allylic oxidation sites excluding steroid dienone is 2.